The highest BCUT2D eigenvalue weighted by atomic mass is 16.3. The van der Waals surface area contributed by atoms with Crippen LogP contribution in [0.4, 0.5) is 0 Å². The summed E-state index contributed by atoms with van der Waals surface area (Å²) in [5.41, 5.74) is 1.54. The molecule has 1 aliphatic rings. The molecule has 1 aromatic carbocycles. The van der Waals surface area contributed by atoms with Crippen LogP contribution in [0.2, 0.25) is 0 Å². The molecule has 1 atom stereocenters. The minimum Gasteiger partial charge on any atom is -0.392 e. The quantitative estimate of drug-likeness (QED) is 0.882. The molecule has 0 spiro atoms. The van der Waals surface area contributed by atoms with Gasteiger partial charge in [-0.25, -0.2) is 0 Å². The second-order valence-corrected chi connectivity index (χ2v) is 5.52. The fraction of sp³-hybridized carbons (Fsp3) is 0.500. The predicted octanol–water partition coefficient (Wildman–Crippen LogP) is 0.626. The number of rotatable bonds is 4. The molecule has 1 aliphatic heterocycles. The highest BCUT2D eigenvalue weighted by molar-refractivity contribution is 5.78. The van der Waals surface area contributed by atoms with Crippen LogP contribution in [0.1, 0.15) is 18.1 Å². The summed E-state index contributed by atoms with van der Waals surface area (Å²) >= 11 is 0. The maximum atomic E-state index is 12.2. The normalized spacial score (nSPS) is 17.3. The Balaban J connectivity index is 1.83. The topological polar surface area (TPSA) is 67.6 Å². The highest BCUT2D eigenvalue weighted by Crippen LogP contribution is 2.09. The SMILES string of the molecule is C[C@H](O)CN1CCN(C(=O)Cc2ccc(C#N)cc2)CC1. The van der Waals surface area contributed by atoms with Crippen LogP contribution >= 0.6 is 0 Å². The maximum Gasteiger partial charge on any atom is 0.227 e. The van der Waals surface area contributed by atoms with Crippen LogP contribution in [0.15, 0.2) is 24.3 Å². The first kappa shape index (κ1) is 15.5. The third-order valence-corrected chi connectivity index (χ3v) is 3.69. The second kappa shape index (κ2) is 7.21. The molecular formula is C16H21N3O2. The molecule has 0 unspecified atom stereocenters. The van der Waals surface area contributed by atoms with E-state index in [1.807, 2.05) is 17.0 Å². The van der Waals surface area contributed by atoms with Gasteiger partial charge in [-0.3, -0.25) is 9.69 Å². The number of hydrogen-bond donors (Lipinski definition) is 1. The number of nitrogens with zero attached hydrogens (tertiary/aromatic N) is 3. The maximum absolute atomic E-state index is 12.2. The van der Waals surface area contributed by atoms with Gasteiger partial charge in [-0.2, -0.15) is 5.26 Å². The van der Waals surface area contributed by atoms with E-state index in [1.165, 1.54) is 0 Å². The number of aliphatic hydroxyl groups is 1. The van der Waals surface area contributed by atoms with Gasteiger partial charge in [0.25, 0.3) is 0 Å². The number of benzene rings is 1. The highest BCUT2D eigenvalue weighted by Gasteiger charge is 2.21. The molecule has 5 nitrogen and oxygen atoms in total. The Hall–Kier alpha value is -1.90. The van der Waals surface area contributed by atoms with Crippen molar-refractivity contribution < 1.29 is 9.90 Å². The lowest BCUT2D eigenvalue weighted by Gasteiger charge is -2.35. The summed E-state index contributed by atoms with van der Waals surface area (Å²) in [6, 6.07) is 9.22. The van der Waals surface area contributed by atoms with Crippen LogP contribution in [0, 0.1) is 11.3 Å². The Morgan fingerprint density at radius 2 is 1.90 bits per heavy atom. The van der Waals surface area contributed by atoms with Gasteiger partial charge in [0.2, 0.25) is 5.91 Å². The first-order chi connectivity index (χ1) is 10.1. The summed E-state index contributed by atoms with van der Waals surface area (Å²) in [5.74, 6) is 0.122. The van der Waals surface area contributed by atoms with E-state index in [-0.39, 0.29) is 12.0 Å². The molecular weight excluding hydrogens is 266 g/mol. The molecule has 1 saturated heterocycles. The molecule has 0 bridgehead atoms. The van der Waals surface area contributed by atoms with Crippen LogP contribution < -0.4 is 0 Å². The van der Waals surface area contributed by atoms with Crippen LogP contribution in [0.3, 0.4) is 0 Å². The van der Waals surface area contributed by atoms with Crippen molar-refractivity contribution in [2.45, 2.75) is 19.4 Å². The Morgan fingerprint density at radius 1 is 1.29 bits per heavy atom. The van der Waals surface area contributed by atoms with Crippen molar-refractivity contribution in [3.05, 3.63) is 35.4 Å². The van der Waals surface area contributed by atoms with Gasteiger partial charge in [-0.15, -0.1) is 0 Å². The summed E-state index contributed by atoms with van der Waals surface area (Å²) in [4.78, 5) is 16.3. The molecule has 0 aliphatic carbocycles. The number of nitriles is 1. The summed E-state index contributed by atoms with van der Waals surface area (Å²) in [7, 11) is 0. The molecule has 1 amide bonds. The van der Waals surface area contributed by atoms with Gasteiger partial charge in [0, 0.05) is 32.7 Å². The number of aliphatic hydroxyl groups excluding tert-OH is 1. The van der Waals surface area contributed by atoms with E-state index >= 15 is 0 Å². The van der Waals surface area contributed by atoms with E-state index in [1.54, 1.807) is 19.1 Å². The molecule has 2 rings (SSSR count). The van der Waals surface area contributed by atoms with E-state index < -0.39 is 0 Å². The van der Waals surface area contributed by atoms with Crippen LogP contribution in [0.5, 0.6) is 0 Å². The van der Waals surface area contributed by atoms with Gasteiger partial charge in [-0.1, -0.05) is 12.1 Å². The molecule has 1 heterocycles. The molecule has 112 valence electrons. The Morgan fingerprint density at radius 3 is 2.43 bits per heavy atom. The van der Waals surface area contributed by atoms with Crippen molar-refractivity contribution in [1.29, 1.82) is 5.26 Å². The zero-order valence-electron chi connectivity index (χ0n) is 12.3. The molecule has 1 fully saturated rings. The minimum atomic E-state index is -0.328. The van der Waals surface area contributed by atoms with E-state index in [2.05, 4.69) is 11.0 Å². The lowest BCUT2D eigenvalue weighted by molar-refractivity contribution is -0.132. The predicted molar refractivity (Wildman–Crippen MR) is 79.6 cm³/mol. The largest absolute Gasteiger partial charge is 0.392 e. The molecule has 5 heteroatoms. The number of carbonyl (C=O) groups is 1. The minimum absolute atomic E-state index is 0.122. The van der Waals surface area contributed by atoms with Crippen LogP contribution in [0.25, 0.3) is 0 Å². The molecule has 0 radical (unpaired) electrons. The smallest absolute Gasteiger partial charge is 0.227 e. The molecule has 1 aromatic rings. The third kappa shape index (κ3) is 4.55. The molecule has 0 saturated carbocycles. The number of piperazine rings is 1. The van der Waals surface area contributed by atoms with Crippen molar-refractivity contribution in [3.63, 3.8) is 0 Å². The molecule has 0 aromatic heterocycles. The van der Waals surface area contributed by atoms with E-state index in [0.29, 0.717) is 31.6 Å². The fourth-order valence-corrected chi connectivity index (χ4v) is 2.54. The van der Waals surface area contributed by atoms with Gasteiger partial charge in [0.15, 0.2) is 0 Å². The standard InChI is InChI=1S/C16H21N3O2/c1-13(20)12-18-6-8-19(9-7-18)16(21)10-14-2-4-15(11-17)5-3-14/h2-5,13,20H,6-10,12H2,1H3/t13-/m0/s1. The average Bonchev–Trinajstić information content (AvgIpc) is 2.48. The van der Waals surface area contributed by atoms with E-state index in [0.717, 1.165) is 18.7 Å². The average molecular weight is 287 g/mol. The Kier molecular flexibility index (Phi) is 5.32. The van der Waals surface area contributed by atoms with E-state index in [4.69, 9.17) is 5.26 Å². The second-order valence-electron chi connectivity index (χ2n) is 5.52. The van der Waals surface area contributed by atoms with Crippen molar-refractivity contribution >= 4 is 5.91 Å². The van der Waals surface area contributed by atoms with Gasteiger partial charge in [0.05, 0.1) is 24.2 Å². The lowest BCUT2D eigenvalue weighted by atomic mass is 10.1. The van der Waals surface area contributed by atoms with E-state index in [9.17, 15) is 9.90 Å². The van der Waals surface area contributed by atoms with Crippen molar-refractivity contribution in [2.75, 3.05) is 32.7 Å². The third-order valence-electron chi connectivity index (χ3n) is 3.69. The number of amides is 1. The summed E-state index contributed by atoms with van der Waals surface area (Å²) < 4.78 is 0. The van der Waals surface area contributed by atoms with Crippen molar-refractivity contribution in [3.8, 4) is 6.07 Å². The van der Waals surface area contributed by atoms with Crippen LogP contribution in [-0.2, 0) is 11.2 Å². The first-order valence-electron chi connectivity index (χ1n) is 7.25. The van der Waals surface area contributed by atoms with Crippen molar-refractivity contribution in [2.24, 2.45) is 0 Å². The first-order valence-corrected chi connectivity index (χ1v) is 7.25. The molecule has 1 N–H and O–H groups in total. The zero-order valence-corrected chi connectivity index (χ0v) is 12.3. The number of hydrogen-bond acceptors (Lipinski definition) is 4. The lowest BCUT2D eigenvalue weighted by Crippen LogP contribution is -2.50. The van der Waals surface area contributed by atoms with Gasteiger partial charge in [0.1, 0.15) is 0 Å². The van der Waals surface area contributed by atoms with Gasteiger partial charge in [-0.05, 0) is 24.6 Å². The van der Waals surface area contributed by atoms with Gasteiger partial charge >= 0.3 is 0 Å². The monoisotopic (exact) mass is 287 g/mol. The number of β-amino-alcohol motifs (C(OH)–C–C–N with tert-alkyl or cyclic N) is 1. The summed E-state index contributed by atoms with van der Waals surface area (Å²) in [6.07, 6.45) is 0.0492. The van der Waals surface area contributed by atoms with Gasteiger partial charge < -0.3 is 10.0 Å². The Bertz CT molecular complexity index is 511. The number of carbonyl (C=O) groups excluding carboxylic acids is 1. The summed E-state index contributed by atoms with van der Waals surface area (Å²) in [5, 5.41) is 18.1. The molecule has 21 heavy (non-hydrogen) atoms. The van der Waals surface area contributed by atoms with Crippen LogP contribution in [-0.4, -0.2) is 59.6 Å². The fourth-order valence-electron chi connectivity index (χ4n) is 2.54. The summed E-state index contributed by atoms with van der Waals surface area (Å²) in [6.45, 7) is 5.48. The Labute approximate surface area is 125 Å². The zero-order chi connectivity index (χ0) is 15.2. The van der Waals surface area contributed by atoms with Crippen molar-refractivity contribution in [1.82, 2.24) is 9.80 Å².